The van der Waals surface area contributed by atoms with Gasteiger partial charge >= 0.3 is 0 Å². The van der Waals surface area contributed by atoms with Gasteiger partial charge in [-0.1, -0.05) is 34.6 Å². The lowest BCUT2D eigenvalue weighted by atomic mass is 9.91. The van der Waals surface area contributed by atoms with Crippen molar-refractivity contribution in [1.82, 2.24) is 9.88 Å². The second kappa shape index (κ2) is 9.47. The second-order valence-corrected chi connectivity index (χ2v) is 9.58. The van der Waals surface area contributed by atoms with Crippen LogP contribution in [0.4, 0.5) is 0 Å². The molecule has 0 aromatic carbocycles. The summed E-state index contributed by atoms with van der Waals surface area (Å²) in [5.41, 5.74) is 0.134. The van der Waals surface area contributed by atoms with Gasteiger partial charge in [-0.2, -0.15) is 11.3 Å². The summed E-state index contributed by atoms with van der Waals surface area (Å²) in [5.74, 6) is -0.293. The van der Waals surface area contributed by atoms with Crippen LogP contribution >= 0.6 is 22.7 Å². The molecule has 0 saturated carbocycles. The third-order valence-electron chi connectivity index (χ3n) is 4.42. The molecule has 1 N–H and O–H groups in total. The van der Waals surface area contributed by atoms with Gasteiger partial charge in [-0.3, -0.25) is 19.0 Å². The quantitative estimate of drug-likeness (QED) is 0.748. The molecule has 0 spiro atoms. The van der Waals surface area contributed by atoms with Gasteiger partial charge < -0.3 is 5.32 Å². The van der Waals surface area contributed by atoms with Crippen molar-refractivity contribution in [3.63, 3.8) is 0 Å². The maximum Gasteiger partial charge on any atom is 0.269 e. The predicted molar refractivity (Wildman–Crippen MR) is 117 cm³/mol. The zero-order valence-corrected chi connectivity index (χ0v) is 18.7. The third kappa shape index (κ3) is 5.75. The number of thiazole rings is 1. The van der Waals surface area contributed by atoms with Crippen molar-refractivity contribution in [3.05, 3.63) is 41.9 Å². The number of ketones is 1. The largest absolute Gasteiger partial charge is 0.352 e. The number of aromatic nitrogens is 1. The number of thiophene rings is 1. The average Bonchev–Trinajstić information content (AvgIpc) is 3.23. The van der Waals surface area contributed by atoms with E-state index < -0.39 is 5.41 Å². The normalized spacial score (nSPS) is 13.4. The lowest BCUT2D eigenvalue weighted by Gasteiger charge is -2.15. The van der Waals surface area contributed by atoms with E-state index in [1.807, 2.05) is 51.4 Å². The lowest BCUT2D eigenvalue weighted by Crippen LogP contribution is -2.41. The predicted octanol–water partition coefficient (Wildman–Crippen LogP) is 2.50. The minimum absolute atomic E-state index is 0.0787. The number of amides is 1. The smallest absolute Gasteiger partial charge is 0.269 e. The molecule has 0 unspecified atom stereocenters. The summed E-state index contributed by atoms with van der Waals surface area (Å²) in [6, 6.07) is 2.01. The number of carbonyl (C=O) groups excluding carboxylic acids is 2. The zero-order valence-electron chi connectivity index (χ0n) is 17.1. The molecule has 2 heterocycles. The van der Waals surface area contributed by atoms with E-state index in [4.69, 9.17) is 0 Å². The van der Waals surface area contributed by atoms with E-state index in [9.17, 15) is 14.4 Å². The van der Waals surface area contributed by atoms with Crippen LogP contribution in [0.1, 0.15) is 53.0 Å². The monoisotopic (exact) mass is 420 g/mol. The molecule has 2 aromatic heterocycles. The van der Waals surface area contributed by atoms with Crippen molar-refractivity contribution in [2.24, 2.45) is 5.41 Å². The van der Waals surface area contributed by atoms with E-state index in [1.54, 1.807) is 17.4 Å². The van der Waals surface area contributed by atoms with Crippen LogP contribution in [0.3, 0.4) is 0 Å². The molecule has 1 amide bonds. The standard InChI is InChI=1S/C21H28N2O3S2/c1-6-15(7-2)22-18(25)12-23-19(11-17(24)21(3,4)5)28-16(20(23)26)10-14-8-9-27-13-14/h8-11,13,15H,6-7,12H2,1-5H3,(H,22,25)/b16-10+,19-11-. The van der Waals surface area contributed by atoms with E-state index in [-0.39, 0.29) is 29.8 Å². The molecule has 0 radical (unpaired) electrons. The summed E-state index contributed by atoms with van der Waals surface area (Å²) in [6.07, 6.45) is 4.96. The molecular weight excluding hydrogens is 392 g/mol. The highest BCUT2D eigenvalue weighted by Crippen LogP contribution is 2.14. The highest BCUT2D eigenvalue weighted by molar-refractivity contribution is 7.08. The van der Waals surface area contributed by atoms with Crippen LogP contribution in [-0.4, -0.2) is 22.3 Å². The number of Topliss-reactive ketones (excluding diaryl/α,β-unsaturated/α-hetero) is 1. The number of carbonyl (C=O) groups is 2. The van der Waals surface area contributed by atoms with Gasteiger partial charge in [-0.05, 0) is 41.3 Å². The molecule has 0 fully saturated rings. The number of hydrogen-bond acceptors (Lipinski definition) is 5. The molecule has 2 aromatic rings. The summed E-state index contributed by atoms with van der Waals surface area (Å²) in [4.78, 5) is 37.9. The molecule has 0 bridgehead atoms. The lowest BCUT2D eigenvalue weighted by molar-refractivity contribution is -0.122. The van der Waals surface area contributed by atoms with Gasteiger partial charge in [0.15, 0.2) is 5.78 Å². The minimum Gasteiger partial charge on any atom is -0.352 e. The molecule has 2 rings (SSSR count). The van der Waals surface area contributed by atoms with Crippen LogP contribution in [-0.2, 0) is 16.1 Å². The first kappa shape index (κ1) is 22.3. The zero-order chi connectivity index (χ0) is 20.9. The first-order valence-corrected chi connectivity index (χ1v) is 11.2. The molecule has 7 heteroatoms. The van der Waals surface area contributed by atoms with Gasteiger partial charge in [0.05, 0.1) is 4.53 Å². The maximum absolute atomic E-state index is 12.9. The summed E-state index contributed by atoms with van der Waals surface area (Å²) >= 11 is 2.79. The van der Waals surface area contributed by atoms with Crippen molar-refractivity contribution >= 4 is 46.5 Å². The summed E-state index contributed by atoms with van der Waals surface area (Å²) < 4.78 is 2.43. The fraction of sp³-hybridized carbons (Fsp3) is 0.476. The molecule has 152 valence electrons. The van der Waals surface area contributed by atoms with Gasteiger partial charge in [-0.25, -0.2) is 0 Å². The molecule has 0 aliphatic heterocycles. The topological polar surface area (TPSA) is 68.2 Å². The van der Waals surface area contributed by atoms with Crippen LogP contribution in [0.2, 0.25) is 0 Å². The number of nitrogens with zero attached hydrogens (tertiary/aromatic N) is 1. The Kier molecular flexibility index (Phi) is 7.55. The summed E-state index contributed by atoms with van der Waals surface area (Å²) in [7, 11) is 0. The van der Waals surface area contributed by atoms with Crippen LogP contribution < -0.4 is 20.1 Å². The molecular formula is C21H28N2O3S2. The SMILES string of the molecule is CCC(CC)NC(=O)Cn1c(=O)/c(=C\c2ccsc2)s/c1=C\C(=O)C(C)(C)C. The van der Waals surface area contributed by atoms with E-state index in [0.29, 0.717) is 9.20 Å². The first-order chi connectivity index (χ1) is 13.2. The van der Waals surface area contributed by atoms with E-state index in [1.165, 1.54) is 22.0 Å². The molecule has 0 saturated heterocycles. The second-order valence-electron chi connectivity index (χ2n) is 7.74. The number of hydrogen-bond donors (Lipinski definition) is 1. The fourth-order valence-electron chi connectivity index (χ4n) is 2.54. The highest BCUT2D eigenvalue weighted by Gasteiger charge is 2.20. The Balaban J connectivity index is 2.51. The van der Waals surface area contributed by atoms with Gasteiger partial charge in [0.1, 0.15) is 11.2 Å². The molecule has 0 aliphatic carbocycles. The van der Waals surface area contributed by atoms with E-state index >= 15 is 0 Å². The van der Waals surface area contributed by atoms with Gasteiger partial charge in [0, 0.05) is 17.5 Å². The van der Waals surface area contributed by atoms with Gasteiger partial charge in [-0.15, -0.1) is 11.3 Å². The number of rotatable bonds is 7. The molecule has 28 heavy (non-hydrogen) atoms. The van der Waals surface area contributed by atoms with Crippen molar-refractivity contribution in [2.45, 2.75) is 60.0 Å². The van der Waals surface area contributed by atoms with Crippen LogP contribution in [0.25, 0.3) is 12.2 Å². The van der Waals surface area contributed by atoms with Gasteiger partial charge in [0.25, 0.3) is 5.56 Å². The van der Waals surface area contributed by atoms with Gasteiger partial charge in [0.2, 0.25) is 5.91 Å². The molecule has 0 atom stereocenters. The molecule has 0 aliphatic rings. The Bertz CT molecular complexity index is 988. The van der Waals surface area contributed by atoms with Crippen LogP contribution in [0.15, 0.2) is 21.6 Å². The summed E-state index contributed by atoms with van der Waals surface area (Å²) in [5, 5.41) is 6.85. The average molecular weight is 421 g/mol. The Morgan fingerprint density at radius 2 is 1.93 bits per heavy atom. The minimum atomic E-state index is -0.556. The Hall–Kier alpha value is -1.99. The summed E-state index contributed by atoms with van der Waals surface area (Å²) in [6.45, 7) is 9.44. The Morgan fingerprint density at radius 1 is 1.25 bits per heavy atom. The van der Waals surface area contributed by atoms with Crippen LogP contribution in [0, 0.1) is 5.41 Å². The van der Waals surface area contributed by atoms with Crippen LogP contribution in [0.5, 0.6) is 0 Å². The third-order valence-corrected chi connectivity index (χ3v) is 6.18. The van der Waals surface area contributed by atoms with Crippen molar-refractivity contribution in [1.29, 1.82) is 0 Å². The Labute approximate surface area is 173 Å². The molecule has 5 nitrogen and oxygen atoms in total. The fourth-order valence-corrected chi connectivity index (χ4v) is 4.20. The van der Waals surface area contributed by atoms with Crippen molar-refractivity contribution < 1.29 is 9.59 Å². The first-order valence-electron chi connectivity index (χ1n) is 9.44. The van der Waals surface area contributed by atoms with E-state index in [2.05, 4.69) is 5.32 Å². The Morgan fingerprint density at radius 3 is 2.46 bits per heavy atom. The van der Waals surface area contributed by atoms with E-state index in [0.717, 1.165) is 18.4 Å². The highest BCUT2D eigenvalue weighted by atomic mass is 32.1. The maximum atomic E-state index is 12.9. The number of nitrogens with one attached hydrogen (secondary N) is 1. The van der Waals surface area contributed by atoms with Crippen molar-refractivity contribution in [2.75, 3.05) is 0 Å². The van der Waals surface area contributed by atoms with Crippen molar-refractivity contribution in [3.8, 4) is 0 Å².